The molecule has 1 N–H and O–H groups in total. The number of hydrogen-bond acceptors (Lipinski definition) is 3. The molecule has 1 aliphatic rings. The van der Waals surface area contributed by atoms with E-state index in [2.05, 4.69) is 48.7 Å². The number of likely N-dealkylation sites (tertiary alicyclic amines) is 1. The maximum Gasteiger partial charge on any atom is 0.317 e. The molecule has 118 valence electrons. The van der Waals surface area contributed by atoms with Crippen LogP contribution in [0.25, 0.3) is 0 Å². The molecule has 2 amide bonds. The van der Waals surface area contributed by atoms with Gasteiger partial charge < -0.3 is 15.1 Å². The van der Waals surface area contributed by atoms with Crippen molar-refractivity contribution in [3.8, 4) is 0 Å². The van der Waals surface area contributed by atoms with Crippen LogP contribution in [0.3, 0.4) is 0 Å². The molecule has 4 nitrogen and oxygen atoms in total. The van der Waals surface area contributed by atoms with Crippen molar-refractivity contribution in [3.63, 3.8) is 0 Å². The minimum absolute atomic E-state index is 0.0968. The van der Waals surface area contributed by atoms with Gasteiger partial charge in [-0.2, -0.15) is 0 Å². The normalized spacial score (nSPS) is 20.6. The summed E-state index contributed by atoms with van der Waals surface area (Å²) in [5.41, 5.74) is 0. The first-order valence-corrected chi connectivity index (χ1v) is 8.66. The number of thiophene rings is 1. The molecule has 0 radical (unpaired) electrons. The van der Waals surface area contributed by atoms with Crippen molar-refractivity contribution >= 4 is 17.4 Å². The van der Waals surface area contributed by atoms with Crippen LogP contribution < -0.4 is 5.32 Å². The highest BCUT2D eigenvalue weighted by Gasteiger charge is 2.24. The molecule has 0 spiro atoms. The van der Waals surface area contributed by atoms with E-state index in [0.29, 0.717) is 12.0 Å². The van der Waals surface area contributed by atoms with Crippen LogP contribution in [0, 0.1) is 5.92 Å². The Morgan fingerprint density at radius 2 is 2.38 bits per heavy atom. The van der Waals surface area contributed by atoms with E-state index in [0.717, 1.165) is 32.5 Å². The van der Waals surface area contributed by atoms with E-state index in [1.165, 1.54) is 11.3 Å². The van der Waals surface area contributed by atoms with Crippen LogP contribution in [0.4, 0.5) is 4.79 Å². The van der Waals surface area contributed by atoms with E-state index in [1.807, 2.05) is 4.90 Å². The lowest BCUT2D eigenvalue weighted by molar-refractivity contribution is 0.139. The third-order valence-electron chi connectivity index (χ3n) is 4.15. The standard InChI is InChI=1S/C16H27N3OS/c1-13(10-15-7-5-9-21-15)11-17-16(20)19-8-4-6-14(12-19)18(2)3/h5,7,9,13-14H,4,6,8,10-12H2,1-3H3,(H,17,20)/t13-,14-/m1/s1. The minimum atomic E-state index is 0.0968. The van der Waals surface area contributed by atoms with Gasteiger partial charge in [-0.3, -0.25) is 0 Å². The smallest absolute Gasteiger partial charge is 0.317 e. The van der Waals surface area contributed by atoms with Crippen molar-refractivity contribution < 1.29 is 4.79 Å². The highest BCUT2D eigenvalue weighted by Crippen LogP contribution is 2.15. The summed E-state index contributed by atoms with van der Waals surface area (Å²) in [6, 6.07) is 4.84. The number of carbonyl (C=O) groups is 1. The summed E-state index contributed by atoms with van der Waals surface area (Å²) < 4.78 is 0. The van der Waals surface area contributed by atoms with Gasteiger partial charge in [-0.15, -0.1) is 11.3 Å². The third-order valence-corrected chi connectivity index (χ3v) is 5.04. The number of nitrogens with one attached hydrogen (secondary N) is 1. The number of piperidine rings is 1. The third kappa shape index (κ3) is 5.00. The van der Waals surface area contributed by atoms with Gasteiger partial charge in [0.05, 0.1) is 0 Å². The fourth-order valence-electron chi connectivity index (χ4n) is 2.78. The van der Waals surface area contributed by atoms with Crippen LogP contribution in [-0.2, 0) is 6.42 Å². The summed E-state index contributed by atoms with van der Waals surface area (Å²) in [5.74, 6) is 0.474. The number of hydrogen-bond donors (Lipinski definition) is 1. The SMILES string of the molecule is C[C@@H](CNC(=O)N1CCC[C@@H](N(C)C)C1)Cc1cccs1. The quantitative estimate of drug-likeness (QED) is 0.907. The number of nitrogens with zero attached hydrogens (tertiary/aromatic N) is 2. The number of carbonyl (C=O) groups excluding carboxylic acids is 1. The zero-order valence-corrected chi connectivity index (χ0v) is 14.2. The lowest BCUT2D eigenvalue weighted by Crippen LogP contribution is -2.51. The second kappa shape index (κ2) is 7.80. The van der Waals surface area contributed by atoms with Gasteiger partial charge in [-0.05, 0) is 50.7 Å². The Kier molecular flexibility index (Phi) is 6.06. The zero-order chi connectivity index (χ0) is 15.2. The minimum Gasteiger partial charge on any atom is -0.338 e. The molecule has 1 saturated heterocycles. The molecule has 2 atom stereocenters. The molecule has 1 aromatic heterocycles. The number of urea groups is 1. The Hall–Kier alpha value is -1.07. The van der Waals surface area contributed by atoms with Crippen molar-refractivity contribution in [2.45, 2.75) is 32.2 Å². The summed E-state index contributed by atoms with van der Waals surface area (Å²) in [6.07, 6.45) is 3.32. The van der Waals surface area contributed by atoms with Crippen LogP contribution in [0.1, 0.15) is 24.6 Å². The summed E-state index contributed by atoms with van der Waals surface area (Å²) >= 11 is 1.79. The van der Waals surface area contributed by atoms with E-state index >= 15 is 0 Å². The van der Waals surface area contributed by atoms with Crippen molar-refractivity contribution in [1.82, 2.24) is 15.1 Å². The molecule has 1 aromatic rings. The molecule has 2 rings (SSSR count). The maximum atomic E-state index is 12.3. The Morgan fingerprint density at radius 3 is 3.05 bits per heavy atom. The van der Waals surface area contributed by atoms with Gasteiger partial charge in [0.25, 0.3) is 0 Å². The average molecular weight is 309 g/mol. The predicted molar refractivity (Wildman–Crippen MR) is 88.9 cm³/mol. The molecule has 5 heteroatoms. The van der Waals surface area contributed by atoms with Gasteiger partial charge in [0.2, 0.25) is 0 Å². The van der Waals surface area contributed by atoms with Gasteiger partial charge in [0, 0.05) is 30.6 Å². The first-order valence-electron chi connectivity index (χ1n) is 7.78. The summed E-state index contributed by atoms with van der Waals surface area (Å²) in [6.45, 7) is 4.67. The fourth-order valence-corrected chi connectivity index (χ4v) is 3.65. The largest absolute Gasteiger partial charge is 0.338 e. The van der Waals surface area contributed by atoms with E-state index in [4.69, 9.17) is 0 Å². The van der Waals surface area contributed by atoms with Crippen molar-refractivity contribution in [2.75, 3.05) is 33.7 Å². The van der Waals surface area contributed by atoms with E-state index in [1.54, 1.807) is 11.3 Å². The molecule has 0 aromatic carbocycles. The molecule has 2 heterocycles. The monoisotopic (exact) mass is 309 g/mol. The number of rotatable bonds is 5. The Bertz CT molecular complexity index is 433. The summed E-state index contributed by atoms with van der Waals surface area (Å²) in [4.78, 5) is 17.8. The van der Waals surface area contributed by atoms with E-state index < -0.39 is 0 Å². The molecule has 1 fully saturated rings. The molecular formula is C16H27N3OS. The summed E-state index contributed by atoms with van der Waals surface area (Å²) in [5, 5.41) is 5.20. The van der Waals surface area contributed by atoms with Gasteiger partial charge >= 0.3 is 6.03 Å². The van der Waals surface area contributed by atoms with Crippen LogP contribution >= 0.6 is 11.3 Å². The highest BCUT2D eigenvalue weighted by atomic mass is 32.1. The second-order valence-corrected chi connectivity index (χ2v) is 7.31. The Morgan fingerprint density at radius 1 is 1.57 bits per heavy atom. The van der Waals surface area contributed by atoms with Crippen molar-refractivity contribution in [1.29, 1.82) is 0 Å². The van der Waals surface area contributed by atoms with Crippen molar-refractivity contribution in [2.24, 2.45) is 5.92 Å². The highest BCUT2D eigenvalue weighted by molar-refractivity contribution is 7.09. The van der Waals surface area contributed by atoms with E-state index in [-0.39, 0.29) is 6.03 Å². The van der Waals surface area contributed by atoms with Gasteiger partial charge in [-0.25, -0.2) is 4.79 Å². The lowest BCUT2D eigenvalue weighted by atomic mass is 10.1. The van der Waals surface area contributed by atoms with Crippen LogP contribution in [0.15, 0.2) is 17.5 Å². The molecule has 0 unspecified atom stereocenters. The first kappa shape index (κ1) is 16.3. The van der Waals surface area contributed by atoms with E-state index in [9.17, 15) is 4.79 Å². The van der Waals surface area contributed by atoms with Gasteiger partial charge in [-0.1, -0.05) is 13.0 Å². The average Bonchev–Trinajstić information content (AvgIpc) is 2.97. The molecule has 0 saturated carbocycles. The zero-order valence-electron chi connectivity index (χ0n) is 13.3. The molecule has 0 aliphatic carbocycles. The topological polar surface area (TPSA) is 35.6 Å². The van der Waals surface area contributed by atoms with Crippen LogP contribution in [0.2, 0.25) is 0 Å². The summed E-state index contributed by atoms with van der Waals surface area (Å²) in [7, 11) is 4.18. The Balaban J connectivity index is 1.73. The first-order chi connectivity index (χ1) is 10.1. The Labute approximate surface area is 132 Å². The predicted octanol–water partition coefficient (Wildman–Crippen LogP) is 2.66. The molecule has 21 heavy (non-hydrogen) atoms. The van der Waals surface area contributed by atoms with Gasteiger partial charge in [0.1, 0.15) is 0 Å². The fraction of sp³-hybridized carbons (Fsp3) is 0.688. The number of likely N-dealkylation sites (N-methyl/N-ethyl adjacent to an activating group) is 1. The maximum absolute atomic E-state index is 12.3. The molecule has 0 bridgehead atoms. The lowest BCUT2D eigenvalue weighted by Gasteiger charge is -2.36. The number of amides is 2. The van der Waals surface area contributed by atoms with Crippen molar-refractivity contribution in [3.05, 3.63) is 22.4 Å². The van der Waals surface area contributed by atoms with Crippen LogP contribution in [0.5, 0.6) is 0 Å². The molecular weight excluding hydrogens is 282 g/mol. The second-order valence-electron chi connectivity index (χ2n) is 6.28. The molecule has 1 aliphatic heterocycles. The van der Waals surface area contributed by atoms with Gasteiger partial charge in [0.15, 0.2) is 0 Å². The van der Waals surface area contributed by atoms with Crippen LogP contribution in [-0.4, -0.2) is 55.6 Å².